The van der Waals surface area contributed by atoms with Crippen molar-refractivity contribution in [3.05, 3.63) is 30.1 Å². The summed E-state index contributed by atoms with van der Waals surface area (Å²) < 4.78 is 17.8. The molecule has 0 aliphatic carbocycles. The van der Waals surface area contributed by atoms with Gasteiger partial charge in [0.25, 0.3) is 0 Å². The summed E-state index contributed by atoms with van der Waals surface area (Å²) in [4.78, 5) is 17.9. The summed E-state index contributed by atoms with van der Waals surface area (Å²) in [6, 6.07) is 3.79. The molecule has 1 aromatic rings. The first-order valence-corrected chi connectivity index (χ1v) is 9.54. The maximum absolute atomic E-state index is 12.3. The molecule has 0 aromatic carbocycles. The Hall–Kier alpha value is -1.43. The zero-order valence-corrected chi connectivity index (χ0v) is 15.0. The fourth-order valence-corrected chi connectivity index (χ4v) is 4.16. The first-order valence-electron chi connectivity index (χ1n) is 8.05. The van der Waals surface area contributed by atoms with E-state index in [4.69, 9.17) is 4.74 Å². The fourth-order valence-electron chi connectivity index (χ4n) is 2.68. The van der Waals surface area contributed by atoms with Gasteiger partial charge >= 0.3 is 6.09 Å². The highest BCUT2D eigenvalue weighted by Gasteiger charge is 2.28. The third-order valence-electron chi connectivity index (χ3n) is 3.67. The Balaban J connectivity index is 1.84. The van der Waals surface area contributed by atoms with Gasteiger partial charge in [-0.2, -0.15) is 0 Å². The number of nitrogens with zero attached hydrogens (tertiary/aromatic N) is 2. The van der Waals surface area contributed by atoms with Crippen molar-refractivity contribution < 1.29 is 13.7 Å². The van der Waals surface area contributed by atoms with Crippen LogP contribution in [-0.4, -0.2) is 44.6 Å². The number of pyridine rings is 1. The van der Waals surface area contributed by atoms with Crippen molar-refractivity contribution >= 4 is 16.9 Å². The standard InChI is InChI=1S/C17H26N2O3S/c1-17(2,3)22-16(20)19-10-4-5-15(11-19)13-23(21)12-14-6-8-18-9-7-14/h6-9,15H,4-5,10-13H2,1-3H3/t15-,23+/m1/s1. The van der Waals surface area contributed by atoms with Gasteiger partial charge in [0.2, 0.25) is 0 Å². The summed E-state index contributed by atoms with van der Waals surface area (Å²) in [5.41, 5.74) is 0.562. The summed E-state index contributed by atoms with van der Waals surface area (Å²) in [5.74, 6) is 1.45. The Kier molecular flexibility index (Phi) is 6.16. The molecule has 0 saturated carbocycles. The smallest absolute Gasteiger partial charge is 0.410 e. The first-order chi connectivity index (χ1) is 10.8. The summed E-state index contributed by atoms with van der Waals surface area (Å²) in [6.07, 6.45) is 5.13. The van der Waals surface area contributed by atoms with Gasteiger partial charge in [-0.25, -0.2) is 4.79 Å². The molecular formula is C17H26N2O3S. The van der Waals surface area contributed by atoms with E-state index >= 15 is 0 Å². The number of piperidine rings is 1. The van der Waals surface area contributed by atoms with E-state index < -0.39 is 16.4 Å². The molecule has 23 heavy (non-hydrogen) atoms. The van der Waals surface area contributed by atoms with Crippen molar-refractivity contribution in [1.29, 1.82) is 0 Å². The van der Waals surface area contributed by atoms with Crippen LogP contribution in [0.4, 0.5) is 4.79 Å². The molecule has 6 heteroatoms. The van der Waals surface area contributed by atoms with Crippen LogP contribution in [0.2, 0.25) is 0 Å². The van der Waals surface area contributed by atoms with Crippen LogP contribution in [0.1, 0.15) is 39.2 Å². The summed E-state index contributed by atoms with van der Waals surface area (Å²) in [7, 11) is -0.922. The number of carbonyl (C=O) groups is 1. The molecule has 1 aliphatic heterocycles. The highest BCUT2D eigenvalue weighted by Crippen LogP contribution is 2.20. The van der Waals surface area contributed by atoms with Gasteiger partial charge in [-0.1, -0.05) is 0 Å². The highest BCUT2D eigenvalue weighted by atomic mass is 32.2. The Morgan fingerprint density at radius 2 is 2.09 bits per heavy atom. The SMILES string of the molecule is CC(C)(C)OC(=O)N1CCC[C@@H](C[S@@](=O)Cc2ccncc2)C1. The van der Waals surface area contributed by atoms with Gasteiger partial charge in [-0.05, 0) is 57.2 Å². The second-order valence-electron chi connectivity index (χ2n) is 7.04. The zero-order valence-electron chi connectivity index (χ0n) is 14.2. The molecule has 2 rings (SSSR count). The van der Waals surface area contributed by atoms with Gasteiger partial charge in [0, 0.05) is 47.8 Å². The largest absolute Gasteiger partial charge is 0.444 e. The number of ether oxygens (including phenoxy) is 1. The van der Waals surface area contributed by atoms with E-state index in [1.807, 2.05) is 32.9 Å². The first kappa shape index (κ1) is 17.9. The van der Waals surface area contributed by atoms with Crippen LogP contribution >= 0.6 is 0 Å². The van der Waals surface area contributed by atoms with E-state index in [0.717, 1.165) is 24.9 Å². The van der Waals surface area contributed by atoms with E-state index in [-0.39, 0.29) is 12.0 Å². The van der Waals surface area contributed by atoms with Gasteiger partial charge in [-0.15, -0.1) is 0 Å². The third kappa shape index (κ3) is 6.29. The van der Waals surface area contributed by atoms with E-state index in [1.165, 1.54) is 0 Å². The Labute approximate surface area is 140 Å². The molecule has 1 aromatic heterocycles. The molecule has 1 saturated heterocycles. The maximum atomic E-state index is 12.3. The molecule has 0 spiro atoms. The van der Waals surface area contributed by atoms with Crippen LogP contribution in [-0.2, 0) is 21.3 Å². The molecular weight excluding hydrogens is 312 g/mol. The Morgan fingerprint density at radius 1 is 1.39 bits per heavy atom. The Morgan fingerprint density at radius 3 is 2.74 bits per heavy atom. The molecule has 1 aliphatic rings. The van der Waals surface area contributed by atoms with Crippen LogP contribution < -0.4 is 0 Å². The topological polar surface area (TPSA) is 59.5 Å². The molecule has 0 N–H and O–H groups in total. The van der Waals surface area contributed by atoms with E-state index in [2.05, 4.69) is 4.98 Å². The van der Waals surface area contributed by atoms with Gasteiger partial charge in [0.05, 0.1) is 0 Å². The van der Waals surface area contributed by atoms with E-state index in [0.29, 0.717) is 18.1 Å². The van der Waals surface area contributed by atoms with Crippen molar-refractivity contribution in [3.8, 4) is 0 Å². The molecule has 1 amide bonds. The van der Waals surface area contributed by atoms with Gasteiger partial charge in [0.15, 0.2) is 0 Å². The number of aromatic nitrogens is 1. The van der Waals surface area contributed by atoms with Crippen molar-refractivity contribution in [2.75, 3.05) is 18.8 Å². The van der Waals surface area contributed by atoms with Crippen molar-refractivity contribution in [3.63, 3.8) is 0 Å². The van der Waals surface area contributed by atoms with E-state index in [1.54, 1.807) is 17.3 Å². The van der Waals surface area contributed by atoms with Crippen LogP contribution in [0, 0.1) is 5.92 Å². The van der Waals surface area contributed by atoms with Crippen LogP contribution in [0.5, 0.6) is 0 Å². The molecule has 128 valence electrons. The highest BCUT2D eigenvalue weighted by molar-refractivity contribution is 7.84. The minimum absolute atomic E-state index is 0.262. The van der Waals surface area contributed by atoms with Crippen molar-refractivity contribution in [1.82, 2.24) is 9.88 Å². The van der Waals surface area contributed by atoms with Gasteiger partial charge < -0.3 is 9.64 Å². The van der Waals surface area contributed by atoms with Crippen LogP contribution in [0.3, 0.4) is 0 Å². The van der Waals surface area contributed by atoms with Crippen molar-refractivity contribution in [2.45, 2.75) is 45.0 Å². The van der Waals surface area contributed by atoms with Crippen LogP contribution in [0.25, 0.3) is 0 Å². The van der Waals surface area contributed by atoms with Gasteiger partial charge in [0.1, 0.15) is 5.60 Å². The summed E-state index contributed by atoms with van der Waals surface area (Å²) in [6.45, 7) is 6.97. The number of amides is 1. The minimum Gasteiger partial charge on any atom is -0.444 e. The molecule has 0 unspecified atom stereocenters. The summed E-state index contributed by atoms with van der Waals surface area (Å²) >= 11 is 0. The van der Waals surface area contributed by atoms with E-state index in [9.17, 15) is 9.00 Å². The summed E-state index contributed by atoms with van der Waals surface area (Å²) in [5, 5.41) is 0. The molecule has 5 nitrogen and oxygen atoms in total. The molecule has 1 fully saturated rings. The number of hydrogen-bond donors (Lipinski definition) is 0. The van der Waals surface area contributed by atoms with Gasteiger partial charge in [-0.3, -0.25) is 9.19 Å². The lowest BCUT2D eigenvalue weighted by Gasteiger charge is -2.34. The molecule has 0 bridgehead atoms. The normalized spacial score (nSPS) is 20.1. The average molecular weight is 338 g/mol. The monoisotopic (exact) mass is 338 g/mol. The molecule has 2 atom stereocenters. The zero-order chi connectivity index (χ0) is 16.9. The lowest BCUT2D eigenvalue weighted by Crippen LogP contribution is -2.44. The predicted molar refractivity (Wildman–Crippen MR) is 91.5 cm³/mol. The lowest BCUT2D eigenvalue weighted by atomic mass is 10.0. The maximum Gasteiger partial charge on any atom is 0.410 e. The second-order valence-corrected chi connectivity index (χ2v) is 8.54. The average Bonchev–Trinajstić information content (AvgIpc) is 2.46. The third-order valence-corrected chi connectivity index (χ3v) is 5.17. The van der Waals surface area contributed by atoms with Crippen molar-refractivity contribution in [2.24, 2.45) is 5.92 Å². The Bertz CT molecular complexity index is 543. The van der Waals surface area contributed by atoms with Crippen LogP contribution in [0.15, 0.2) is 24.5 Å². The quantitative estimate of drug-likeness (QED) is 0.847. The molecule has 0 radical (unpaired) electrons. The minimum atomic E-state index is -0.922. The second kappa shape index (κ2) is 7.90. The number of likely N-dealkylation sites (tertiary alicyclic amines) is 1. The number of hydrogen-bond acceptors (Lipinski definition) is 4. The fraction of sp³-hybridized carbons (Fsp3) is 0.647. The predicted octanol–water partition coefficient (Wildman–Crippen LogP) is 2.98. The molecule has 2 heterocycles. The number of carbonyl (C=O) groups excluding carboxylic acids is 1. The number of rotatable bonds is 4. The lowest BCUT2D eigenvalue weighted by molar-refractivity contribution is 0.0176.